The van der Waals surface area contributed by atoms with Gasteiger partial charge in [-0.05, 0) is 19.1 Å². The Morgan fingerprint density at radius 3 is 3.07 bits per heavy atom. The van der Waals surface area contributed by atoms with E-state index in [1.807, 2.05) is 18.2 Å². The third-order valence-electron chi connectivity index (χ3n) is 2.72. The minimum absolute atomic E-state index is 0.412. The van der Waals surface area contributed by atoms with Gasteiger partial charge in [-0.2, -0.15) is 0 Å². The second-order valence-electron chi connectivity index (χ2n) is 3.81. The summed E-state index contributed by atoms with van der Waals surface area (Å²) < 4.78 is 10.8. The zero-order valence-corrected chi connectivity index (χ0v) is 9.27. The van der Waals surface area contributed by atoms with Crippen molar-refractivity contribution < 1.29 is 9.47 Å². The molecule has 0 aliphatic carbocycles. The Hall–Kier alpha value is -1.22. The number of anilines is 1. The minimum Gasteiger partial charge on any atom is -0.489 e. The summed E-state index contributed by atoms with van der Waals surface area (Å²) in [5, 5.41) is 0. The van der Waals surface area contributed by atoms with Gasteiger partial charge < -0.3 is 14.4 Å². The number of fused-ring (bicyclic) bond motifs is 1. The molecule has 82 valence electrons. The predicted octanol–water partition coefficient (Wildman–Crippen LogP) is 1.92. The van der Waals surface area contributed by atoms with Gasteiger partial charge in [-0.3, -0.25) is 0 Å². The van der Waals surface area contributed by atoms with E-state index in [-0.39, 0.29) is 0 Å². The molecule has 0 spiro atoms. The van der Waals surface area contributed by atoms with Gasteiger partial charge in [-0.15, -0.1) is 0 Å². The van der Waals surface area contributed by atoms with Crippen molar-refractivity contribution in [1.29, 1.82) is 0 Å². The number of nitrogens with zero attached hydrogens (tertiary/aromatic N) is 1. The molecule has 3 nitrogen and oxygen atoms in total. The molecule has 1 aromatic rings. The zero-order valence-electron chi connectivity index (χ0n) is 9.27. The topological polar surface area (TPSA) is 21.7 Å². The first-order chi connectivity index (χ1) is 7.33. The van der Waals surface area contributed by atoms with Gasteiger partial charge >= 0.3 is 0 Å². The number of hydrogen-bond donors (Lipinski definition) is 0. The van der Waals surface area contributed by atoms with Gasteiger partial charge in [0.1, 0.15) is 12.4 Å². The van der Waals surface area contributed by atoms with Gasteiger partial charge in [0.05, 0.1) is 18.3 Å². The Labute approximate surface area is 90.6 Å². The molecule has 0 amide bonds. The summed E-state index contributed by atoms with van der Waals surface area (Å²) in [6, 6.07) is 8.57. The molecule has 1 aliphatic heterocycles. The van der Waals surface area contributed by atoms with Crippen LogP contribution in [-0.4, -0.2) is 32.9 Å². The minimum atomic E-state index is 0.412. The van der Waals surface area contributed by atoms with E-state index in [1.165, 1.54) is 5.69 Å². The molecular formula is C12H17NO2. The van der Waals surface area contributed by atoms with Crippen LogP contribution in [0.1, 0.15) is 6.92 Å². The molecule has 15 heavy (non-hydrogen) atoms. The largest absolute Gasteiger partial charge is 0.489 e. The SMILES string of the molecule is COCCN1c2ccccc2OCC1C. The van der Waals surface area contributed by atoms with E-state index in [0.29, 0.717) is 6.04 Å². The maximum Gasteiger partial charge on any atom is 0.142 e. The molecule has 0 N–H and O–H groups in total. The standard InChI is InChI=1S/C12H17NO2/c1-10-9-15-12-6-4-3-5-11(12)13(10)7-8-14-2/h3-6,10H,7-9H2,1-2H3. The first-order valence-electron chi connectivity index (χ1n) is 5.30. The Morgan fingerprint density at radius 1 is 1.47 bits per heavy atom. The van der Waals surface area contributed by atoms with Crippen LogP contribution in [0.2, 0.25) is 0 Å². The predicted molar refractivity (Wildman–Crippen MR) is 60.6 cm³/mol. The highest BCUT2D eigenvalue weighted by Crippen LogP contribution is 2.32. The molecule has 0 bridgehead atoms. The third kappa shape index (κ3) is 2.07. The van der Waals surface area contributed by atoms with Crippen LogP contribution in [0.15, 0.2) is 24.3 Å². The Kier molecular flexibility index (Phi) is 3.11. The molecule has 2 rings (SSSR count). The van der Waals surface area contributed by atoms with Crippen LogP contribution in [0.5, 0.6) is 5.75 Å². The van der Waals surface area contributed by atoms with Crippen LogP contribution in [0.3, 0.4) is 0 Å². The van der Waals surface area contributed by atoms with Gasteiger partial charge in [-0.25, -0.2) is 0 Å². The fraction of sp³-hybridized carbons (Fsp3) is 0.500. The lowest BCUT2D eigenvalue weighted by Gasteiger charge is -2.36. The summed E-state index contributed by atoms with van der Waals surface area (Å²) in [4.78, 5) is 2.34. The number of rotatable bonds is 3. The van der Waals surface area contributed by atoms with Gasteiger partial charge in [0, 0.05) is 13.7 Å². The molecule has 0 aromatic heterocycles. The van der Waals surface area contributed by atoms with Crippen LogP contribution in [0.25, 0.3) is 0 Å². The van der Waals surface area contributed by atoms with Crippen molar-refractivity contribution >= 4 is 5.69 Å². The second kappa shape index (κ2) is 4.53. The molecule has 1 aromatic carbocycles. The van der Waals surface area contributed by atoms with Gasteiger partial charge in [0.2, 0.25) is 0 Å². The van der Waals surface area contributed by atoms with Gasteiger partial charge in [-0.1, -0.05) is 12.1 Å². The van der Waals surface area contributed by atoms with Crippen molar-refractivity contribution in [2.45, 2.75) is 13.0 Å². The van der Waals surface area contributed by atoms with Crippen molar-refractivity contribution in [2.24, 2.45) is 0 Å². The highest BCUT2D eigenvalue weighted by Gasteiger charge is 2.23. The average molecular weight is 207 g/mol. The lowest BCUT2D eigenvalue weighted by molar-refractivity contribution is 0.195. The molecule has 3 heteroatoms. The summed E-state index contributed by atoms with van der Waals surface area (Å²) in [6.07, 6.45) is 0. The number of methoxy groups -OCH3 is 1. The van der Waals surface area contributed by atoms with Gasteiger partial charge in [0.15, 0.2) is 0 Å². The number of benzene rings is 1. The molecule has 0 saturated heterocycles. The Morgan fingerprint density at radius 2 is 2.27 bits per heavy atom. The summed E-state index contributed by atoms with van der Waals surface area (Å²) >= 11 is 0. The number of para-hydroxylation sites is 2. The van der Waals surface area contributed by atoms with E-state index in [1.54, 1.807) is 7.11 Å². The summed E-state index contributed by atoms with van der Waals surface area (Å²) in [5.74, 6) is 0.978. The third-order valence-corrected chi connectivity index (χ3v) is 2.72. The smallest absolute Gasteiger partial charge is 0.142 e. The first kappa shape index (κ1) is 10.3. The highest BCUT2D eigenvalue weighted by molar-refractivity contribution is 5.60. The van der Waals surface area contributed by atoms with Crippen LogP contribution >= 0.6 is 0 Å². The monoisotopic (exact) mass is 207 g/mol. The molecule has 0 fully saturated rings. The Bertz CT molecular complexity index is 327. The van der Waals surface area contributed by atoms with E-state index in [0.717, 1.165) is 25.5 Å². The van der Waals surface area contributed by atoms with E-state index in [9.17, 15) is 0 Å². The summed E-state index contributed by atoms with van der Waals surface area (Å²) in [6.45, 7) is 4.59. The molecule has 1 unspecified atom stereocenters. The maximum absolute atomic E-state index is 5.66. The zero-order chi connectivity index (χ0) is 10.7. The first-order valence-corrected chi connectivity index (χ1v) is 5.30. The normalized spacial score (nSPS) is 19.6. The van der Waals surface area contributed by atoms with Crippen LogP contribution < -0.4 is 9.64 Å². The van der Waals surface area contributed by atoms with Crippen LogP contribution in [0.4, 0.5) is 5.69 Å². The van der Waals surface area contributed by atoms with Crippen molar-refractivity contribution in [3.05, 3.63) is 24.3 Å². The van der Waals surface area contributed by atoms with Crippen LogP contribution in [0, 0.1) is 0 Å². The van der Waals surface area contributed by atoms with Crippen molar-refractivity contribution in [1.82, 2.24) is 0 Å². The molecular weight excluding hydrogens is 190 g/mol. The van der Waals surface area contributed by atoms with E-state index in [2.05, 4.69) is 17.9 Å². The lowest BCUT2D eigenvalue weighted by Crippen LogP contribution is -2.42. The van der Waals surface area contributed by atoms with E-state index in [4.69, 9.17) is 9.47 Å². The maximum atomic E-state index is 5.66. The lowest BCUT2D eigenvalue weighted by atomic mass is 10.2. The van der Waals surface area contributed by atoms with Crippen molar-refractivity contribution in [3.8, 4) is 5.75 Å². The van der Waals surface area contributed by atoms with Crippen molar-refractivity contribution in [2.75, 3.05) is 31.8 Å². The molecule has 1 aliphatic rings. The molecule has 1 heterocycles. The van der Waals surface area contributed by atoms with E-state index >= 15 is 0 Å². The highest BCUT2D eigenvalue weighted by atomic mass is 16.5. The fourth-order valence-corrected chi connectivity index (χ4v) is 1.88. The summed E-state index contributed by atoms with van der Waals surface area (Å²) in [7, 11) is 1.73. The van der Waals surface area contributed by atoms with Crippen molar-refractivity contribution in [3.63, 3.8) is 0 Å². The summed E-state index contributed by atoms with van der Waals surface area (Å²) in [5.41, 5.74) is 1.17. The second-order valence-corrected chi connectivity index (χ2v) is 3.81. The van der Waals surface area contributed by atoms with Gasteiger partial charge in [0.25, 0.3) is 0 Å². The molecule has 0 saturated carbocycles. The Balaban J connectivity index is 2.21. The fourth-order valence-electron chi connectivity index (χ4n) is 1.88. The van der Waals surface area contributed by atoms with E-state index < -0.39 is 0 Å². The number of hydrogen-bond acceptors (Lipinski definition) is 3. The number of ether oxygens (including phenoxy) is 2. The molecule has 1 atom stereocenters. The average Bonchev–Trinajstić information content (AvgIpc) is 2.28. The quantitative estimate of drug-likeness (QED) is 0.756. The molecule has 0 radical (unpaired) electrons. The van der Waals surface area contributed by atoms with Crippen LogP contribution in [-0.2, 0) is 4.74 Å².